The molecule has 0 fully saturated rings. The van der Waals surface area contributed by atoms with Crippen LogP contribution < -0.4 is 4.74 Å². The van der Waals surface area contributed by atoms with Crippen molar-refractivity contribution in [3.63, 3.8) is 0 Å². The number of aliphatic hydroxyl groups excluding tert-OH is 1. The number of benzene rings is 2. The summed E-state index contributed by atoms with van der Waals surface area (Å²) in [6, 6.07) is 13.5. The number of rotatable bonds is 5. The van der Waals surface area contributed by atoms with E-state index in [0.29, 0.717) is 11.4 Å². The van der Waals surface area contributed by atoms with Gasteiger partial charge in [0.25, 0.3) is 0 Å². The number of halogens is 2. The molecule has 0 radical (unpaired) electrons. The molecule has 1 atom stereocenters. The van der Waals surface area contributed by atoms with Crippen LogP contribution in [0.2, 0.25) is 5.02 Å². The zero-order valence-electron chi connectivity index (χ0n) is 11.1. The van der Waals surface area contributed by atoms with Gasteiger partial charge in [0.15, 0.2) is 0 Å². The number of ether oxygens (including phenoxy) is 1. The molecule has 0 amide bonds. The van der Waals surface area contributed by atoms with E-state index in [1.165, 1.54) is 0 Å². The van der Waals surface area contributed by atoms with E-state index in [4.69, 9.17) is 16.3 Å². The maximum atomic E-state index is 9.69. The molecular weight excluding hydrogens is 340 g/mol. The lowest BCUT2D eigenvalue weighted by atomic mass is 9.92. The highest BCUT2D eigenvalue weighted by molar-refractivity contribution is 9.10. The molecule has 0 saturated heterocycles. The van der Waals surface area contributed by atoms with Gasteiger partial charge >= 0.3 is 0 Å². The summed E-state index contributed by atoms with van der Waals surface area (Å²) in [6.07, 6.45) is 0.669. The van der Waals surface area contributed by atoms with Crippen molar-refractivity contribution in [1.82, 2.24) is 0 Å². The van der Waals surface area contributed by atoms with Crippen LogP contribution >= 0.6 is 27.5 Å². The molecule has 4 heteroatoms. The third-order valence-corrected chi connectivity index (χ3v) is 4.11. The van der Waals surface area contributed by atoms with Gasteiger partial charge in [0.2, 0.25) is 0 Å². The minimum Gasteiger partial charge on any atom is -0.496 e. The van der Waals surface area contributed by atoms with E-state index in [9.17, 15) is 5.11 Å². The Balaban J connectivity index is 2.31. The van der Waals surface area contributed by atoms with Crippen molar-refractivity contribution in [3.05, 3.63) is 63.1 Å². The standard InChI is InChI=1S/C16H16BrClO2/c1-20-16-7-6-13(17)9-11(16)8-12(10-19)14-4-2-3-5-15(14)18/h2-7,9,12,19H,8,10H2,1H3. The number of hydrogen-bond acceptors (Lipinski definition) is 2. The van der Waals surface area contributed by atoms with Crippen molar-refractivity contribution in [1.29, 1.82) is 0 Å². The van der Waals surface area contributed by atoms with E-state index in [2.05, 4.69) is 15.9 Å². The van der Waals surface area contributed by atoms with Gasteiger partial charge in [-0.2, -0.15) is 0 Å². The summed E-state index contributed by atoms with van der Waals surface area (Å²) in [5.74, 6) is 0.769. The third kappa shape index (κ3) is 3.54. The lowest BCUT2D eigenvalue weighted by Gasteiger charge is -2.18. The Morgan fingerprint density at radius 2 is 2.00 bits per heavy atom. The Bertz CT molecular complexity index is 586. The highest BCUT2D eigenvalue weighted by Gasteiger charge is 2.16. The van der Waals surface area contributed by atoms with Crippen LogP contribution in [-0.2, 0) is 6.42 Å². The van der Waals surface area contributed by atoms with E-state index < -0.39 is 0 Å². The fraction of sp³-hybridized carbons (Fsp3) is 0.250. The quantitative estimate of drug-likeness (QED) is 0.860. The van der Waals surface area contributed by atoms with Gasteiger partial charge in [-0.15, -0.1) is 0 Å². The molecule has 1 unspecified atom stereocenters. The normalized spacial score (nSPS) is 12.2. The smallest absolute Gasteiger partial charge is 0.122 e. The number of methoxy groups -OCH3 is 1. The molecule has 2 aromatic carbocycles. The van der Waals surface area contributed by atoms with Crippen LogP contribution in [0.3, 0.4) is 0 Å². The molecule has 1 N–H and O–H groups in total. The highest BCUT2D eigenvalue weighted by Crippen LogP contribution is 2.31. The molecule has 2 rings (SSSR count). The van der Waals surface area contributed by atoms with Crippen LogP contribution in [0, 0.1) is 0 Å². The predicted octanol–water partition coefficient (Wildman–Crippen LogP) is 4.43. The molecule has 0 aliphatic rings. The average Bonchev–Trinajstić information content (AvgIpc) is 2.46. The maximum Gasteiger partial charge on any atom is 0.122 e. The zero-order chi connectivity index (χ0) is 14.5. The Labute approximate surface area is 132 Å². The van der Waals surface area contributed by atoms with E-state index in [0.717, 1.165) is 21.3 Å². The van der Waals surface area contributed by atoms with Gasteiger partial charge in [0, 0.05) is 15.4 Å². The molecule has 0 aromatic heterocycles. The van der Waals surface area contributed by atoms with Crippen LogP contribution in [0.15, 0.2) is 46.9 Å². The minimum atomic E-state index is -0.0492. The van der Waals surface area contributed by atoms with Gasteiger partial charge in [-0.3, -0.25) is 0 Å². The van der Waals surface area contributed by atoms with Gasteiger partial charge in [0.1, 0.15) is 5.75 Å². The van der Waals surface area contributed by atoms with Crippen molar-refractivity contribution in [3.8, 4) is 5.75 Å². The molecule has 2 aromatic rings. The van der Waals surface area contributed by atoms with Gasteiger partial charge in [0.05, 0.1) is 13.7 Å². The summed E-state index contributed by atoms with van der Waals surface area (Å²) in [4.78, 5) is 0. The fourth-order valence-corrected chi connectivity index (χ4v) is 2.95. The number of aliphatic hydroxyl groups is 1. The van der Waals surface area contributed by atoms with Gasteiger partial charge < -0.3 is 9.84 Å². The second-order valence-electron chi connectivity index (χ2n) is 4.56. The SMILES string of the molecule is COc1ccc(Br)cc1CC(CO)c1ccccc1Cl. The van der Waals surface area contributed by atoms with Gasteiger partial charge in [-0.1, -0.05) is 45.7 Å². The highest BCUT2D eigenvalue weighted by atomic mass is 79.9. The molecule has 0 aliphatic heterocycles. The van der Waals surface area contributed by atoms with Crippen molar-refractivity contribution in [2.45, 2.75) is 12.3 Å². The third-order valence-electron chi connectivity index (χ3n) is 3.27. The molecule has 0 aliphatic carbocycles. The summed E-state index contributed by atoms with van der Waals surface area (Å²) >= 11 is 9.68. The van der Waals surface area contributed by atoms with Gasteiger partial charge in [-0.25, -0.2) is 0 Å². The molecule has 0 saturated carbocycles. The zero-order valence-corrected chi connectivity index (χ0v) is 13.5. The second-order valence-corrected chi connectivity index (χ2v) is 5.88. The lowest BCUT2D eigenvalue weighted by molar-refractivity contribution is 0.263. The van der Waals surface area contributed by atoms with Crippen molar-refractivity contribution < 1.29 is 9.84 Å². The summed E-state index contributed by atoms with van der Waals surface area (Å²) in [5.41, 5.74) is 2.00. The average molecular weight is 356 g/mol. The van der Waals surface area contributed by atoms with E-state index in [1.807, 2.05) is 42.5 Å². The molecule has 20 heavy (non-hydrogen) atoms. The fourth-order valence-electron chi connectivity index (χ4n) is 2.25. The second kappa shape index (κ2) is 7.11. The molecule has 2 nitrogen and oxygen atoms in total. The first-order valence-electron chi connectivity index (χ1n) is 6.33. The Morgan fingerprint density at radius 1 is 1.25 bits per heavy atom. The summed E-state index contributed by atoms with van der Waals surface area (Å²) in [7, 11) is 1.65. The minimum absolute atomic E-state index is 0.0411. The molecule has 0 heterocycles. The largest absolute Gasteiger partial charge is 0.496 e. The van der Waals surface area contributed by atoms with Crippen molar-refractivity contribution in [2.75, 3.05) is 13.7 Å². The first-order chi connectivity index (χ1) is 9.65. The molecule has 106 valence electrons. The Kier molecular flexibility index (Phi) is 5.46. The van der Waals surface area contributed by atoms with Crippen LogP contribution in [0.25, 0.3) is 0 Å². The lowest BCUT2D eigenvalue weighted by Crippen LogP contribution is -2.09. The summed E-state index contributed by atoms with van der Waals surface area (Å²) in [5, 5.41) is 10.4. The first kappa shape index (κ1) is 15.4. The monoisotopic (exact) mass is 354 g/mol. The predicted molar refractivity (Wildman–Crippen MR) is 85.7 cm³/mol. The number of hydrogen-bond donors (Lipinski definition) is 1. The van der Waals surface area contributed by atoms with Crippen molar-refractivity contribution in [2.24, 2.45) is 0 Å². The molecule has 0 bridgehead atoms. The Morgan fingerprint density at radius 3 is 2.65 bits per heavy atom. The van der Waals surface area contributed by atoms with Gasteiger partial charge in [-0.05, 0) is 41.8 Å². The van der Waals surface area contributed by atoms with Crippen LogP contribution in [-0.4, -0.2) is 18.8 Å². The van der Waals surface area contributed by atoms with E-state index in [1.54, 1.807) is 7.11 Å². The van der Waals surface area contributed by atoms with E-state index in [-0.39, 0.29) is 12.5 Å². The van der Waals surface area contributed by atoms with Crippen LogP contribution in [0.5, 0.6) is 5.75 Å². The topological polar surface area (TPSA) is 29.5 Å². The summed E-state index contributed by atoms with van der Waals surface area (Å²) in [6.45, 7) is 0.0411. The van der Waals surface area contributed by atoms with Crippen LogP contribution in [0.1, 0.15) is 17.0 Å². The molecular formula is C16H16BrClO2. The van der Waals surface area contributed by atoms with Crippen LogP contribution in [0.4, 0.5) is 0 Å². The summed E-state index contributed by atoms with van der Waals surface area (Å²) < 4.78 is 6.37. The first-order valence-corrected chi connectivity index (χ1v) is 7.50. The molecule has 0 spiro atoms. The van der Waals surface area contributed by atoms with E-state index >= 15 is 0 Å². The van der Waals surface area contributed by atoms with Crippen molar-refractivity contribution >= 4 is 27.5 Å². The Hall–Kier alpha value is -1.03. The maximum absolute atomic E-state index is 9.69.